The average Bonchev–Trinajstić information content (AvgIpc) is 2.25. The number of likely N-dealkylation sites (N-methyl/N-ethyl adjacent to an activating group) is 1. The highest BCUT2D eigenvalue weighted by Crippen LogP contribution is 2.31. The van der Waals surface area contributed by atoms with Crippen LogP contribution in [0.3, 0.4) is 0 Å². The fourth-order valence-electron chi connectivity index (χ4n) is 1.76. The zero-order valence-electron chi connectivity index (χ0n) is 11.0. The highest BCUT2D eigenvalue weighted by molar-refractivity contribution is 5.65. The maximum Gasteiger partial charge on any atom is 0.296 e. The van der Waals surface area contributed by atoms with Crippen molar-refractivity contribution in [3.05, 3.63) is 28.3 Å². The lowest BCUT2D eigenvalue weighted by Gasteiger charge is -2.27. The number of nitro benzene ring substituents is 1. The first-order valence-electron chi connectivity index (χ1n) is 5.50. The van der Waals surface area contributed by atoms with Crippen molar-refractivity contribution < 1.29 is 14.8 Å². The van der Waals surface area contributed by atoms with Crippen LogP contribution in [0, 0.1) is 10.1 Å². The number of nitrogens with zero attached hydrogens (tertiary/aromatic N) is 2. The number of rotatable bonds is 5. The number of nitro groups is 1. The number of ether oxygens (including phenoxy) is 1. The molecule has 0 aliphatic heterocycles. The number of hydrogen-bond acceptors (Lipinski definition) is 5. The first-order chi connectivity index (χ1) is 8.24. The molecule has 0 saturated heterocycles. The molecule has 0 heterocycles. The minimum atomic E-state index is -0.928. The van der Waals surface area contributed by atoms with Crippen LogP contribution >= 0.6 is 0 Å². The Bertz CT molecular complexity index is 440. The lowest BCUT2D eigenvalue weighted by atomic mass is 10.1. The highest BCUT2D eigenvalue weighted by atomic mass is 16.6. The molecule has 0 spiro atoms. The molecule has 100 valence electrons. The molecule has 18 heavy (non-hydrogen) atoms. The summed E-state index contributed by atoms with van der Waals surface area (Å²) < 4.78 is 4.97. The minimum Gasteiger partial charge on any atom is -0.496 e. The molecule has 6 nitrogen and oxygen atoms in total. The number of aliphatic hydroxyl groups is 1. The van der Waals surface area contributed by atoms with Gasteiger partial charge in [-0.15, -0.1) is 0 Å². The molecule has 0 aromatic heterocycles. The van der Waals surface area contributed by atoms with E-state index in [9.17, 15) is 15.2 Å². The van der Waals surface area contributed by atoms with Gasteiger partial charge in [-0.1, -0.05) is 0 Å². The molecule has 1 aromatic carbocycles. The Hall–Kier alpha value is -1.82. The van der Waals surface area contributed by atoms with Gasteiger partial charge in [0.25, 0.3) is 5.69 Å². The van der Waals surface area contributed by atoms with Crippen LogP contribution < -0.4 is 9.64 Å². The summed E-state index contributed by atoms with van der Waals surface area (Å²) in [4.78, 5) is 12.2. The van der Waals surface area contributed by atoms with Gasteiger partial charge in [0.2, 0.25) is 0 Å². The molecule has 0 radical (unpaired) electrons. The zero-order chi connectivity index (χ0) is 13.9. The van der Waals surface area contributed by atoms with Crippen LogP contribution in [0.4, 0.5) is 11.4 Å². The highest BCUT2D eigenvalue weighted by Gasteiger charge is 2.22. The fraction of sp³-hybridized carbons (Fsp3) is 0.500. The van der Waals surface area contributed by atoms with E-state index in [1.54, 1.807) is 37.9 Å². The molecule has 0 aliphatic carbocycles. The number of hydrogen-bond donors (Lipinski definition) is 1. The molecule has 0 bridgehead atoms. The Morgan fingerprint density at radius 1 is 1.50 bits per heavy atom. The van der Waals surface area contributed by atoms with E-state index in [-0.39, 0.29) is 5.69 Å². The van der Waals surface area contributed by atoms with Crippen molar-refractivity contribution in [3.63, 3.8) is 0 Å². The van der Waals surface area contributed by atoms with E-state index in [1.807, 2.05) is 0 Å². The predicted octanol–water partition coefficient (Wildman–Crippen LogP) is 1.81. The number of anilines is 1. The topological polar surface area (TPSA) is 75.8 Å². The van der Waals surface area contributed by atoms with Crippen molar-refractivity contribution in [2.24, 2.45) is 0 Å². The third kappa shape index (κ3) is 3.59. The Labute approximate surface area is 106 Å². The summed E-state index contributed by atoms with van der Waals surface area (Å²) >= 11 is 0. The Balaban J connectivity index is 3.11. The van der Waals surface area contributed by atoms with Crippen molar-refractivity contribution >= 4 is 11.4 Å². The summed E-state index contributed by atoms with van der Waals surface area (Å²) in [6.45, 7) is 3.60. The lowest BCUT2D eigenvalue weighted by Crippen LogP contribution is -2.36. The summed E-state index contributed by atoms with van der Waals surface area (Å²) in [7, 11) is 3.16. The molecule has 1 N–H and O–H groups in total. The van der Waals surface area contributed by atoms with Crippen LogP contribution in [0.15, 0.2) is 18.2 Å². The monoisotopic (exact) mass is 254 g/mol. The van der Waals surface area contributed by atoms with Gasteiger partial charge in [0, 0.05) is 13.6 Å². The molecular weight excluding hydrogens is 236 g/mol. The van der Waals surface area contributed by atoms with E-state index >= 15 is 0 Å². The van der Waals surface area contributed by atoms with Gasteiger partial charge < -0.3 is 14.7 Å². The summed E-state index contributed by atoms with van der Waals surface area (Å²) in [5.74, 6) is 0.433. The Morgan fingerprint density at radius 2 is 2.11 bits per heavy atom. The normalized spacial score (nSPS) is 11.2. The summed E-state index contributed by atoms with van der Waals surface area (Å²) in [5.41, 5.74) is -0.522. The third-order valence-electron chi connectivity index (χ3n) is 2.41. The van der Waals surface area contributed by atoms with E-state index in [2.05, 4.69) is 0 Å². The second kappa shape index (κ2) is 5.22. The SMILES string of the molecule is COc1ccc(N(C)CC(C)(C)O)c([N+](=O)[O-])c1. The van der Waals surface area contributed by atoms with Crippen molar-refractivity contribution in [2.45, 2.75) is 19.4 Å². The molecule has 0 aliphatic rings. The van der Waals surface area contributed by atoms with E-state index in [1.165, 1.54) is 13.2 Å². The second-order valence-corrected chi connectivity index (χ2v) is 4.78. The molecule has 0 amide bonds. The largest absolute Gasteiger partial charge is 0.496 e. The molecule has 0 atom stereocenters. The zero-order valence-corrected chi connectivity index (χ0v) is 11.0. The lowest BCUT2D eigenvalue weighted by molar-refractivity contribution is -0.384. The fourth-order valence-corrected chi connectivity index (χ4v) is 1.76. The summed E-state index contributed by atoms with van der Waals surface area (Å²) in [6.07, 6.45) is 0. The van der Waals surface area contributed by atoms with Crippen LogP contribution in [0.2, 0.25) is 0 Å². The van der Waals surface area contributed by atoms with Crippen molar-refractivity contribution in [1.29, 1.82) is 0 Å². The maximum atomic E-state index is 11.0. The molecule has 1 rings (SSSR count). The van der Waals surface area contributed by atoms with Crippen LogP contribution in [0.1, 0.15) is 13.8 Å². The molecule has 0 unspecified atom stereocenters. The van der Waals surface area contributed by atoms with Crippen LogP contribution in [0.25, 0.3) is 0 Å². The van der Waals surface area contributed by atoms with Gasteiger partial charge >= 0.3 is 0 Å². The Morgan fingerprint density at radius 3 is 2.56 bits per heavy atom. The van der Waals surface area contributed by atoms with Crippen molar-refractivity contribution in [3.8, 4) is 5.75 Å². The van der Waals surface area contributed by atoms with Crippen LogP contribution in [-0.2, 0) is 0 Å². The summed E-state index contributed by atoms with van der Waals surface area (Å²) in [6, 6.07) is 4.64. The third-order valence-corrected chi connectivity index (χ3v) is 2.41. The van der Waals surface area contributed by atoms with Gasteiger partial charge in [0.15, 0.2) is 0 Å². The second-order valence-electron chi connectivity index (χ2n) is 4.78. The molecule has 1 aromatic rings. The van der Waals surface area contributed by atoms with Gasteiger partial charge in [-0.05, 0) is 26.0 Å². The average molecular weight is 254 g/mol. The van der Waals surface area contributed by atoms with E-state index in [0.717, 1.165) is 0 Å². The van der Waals surface area contributed by atoms with E-state index in [4.69, 9.17) is 4.74 Å². The predicted molar refractivity (Wildman–Crippen MR) is 69.2 cm³/mol. The smallest absolute Gasteiger partial charge is 0.296 e. The quantitative estimate of drug-likeness (QED) is 0.640. The first kappa shape index (κ1) is 14.2. The molecular formula is C12H18N2O4. The van der Waals surface area contributed by atoms with Gasteiger partial charge in [-0.25, -0.2) is 0 Å². The van der Waals surface area contributed by atoms with Crippen LogP contribution in [-0.4, -0.2) is 36.3 Å². The van der Waals surface area contributed by atoms with Crippen molar-refractivity contribution in [2.75, 3.05) is 25.6 Å². The van der Waals surface area contributed by atoms with E-state index < -0.39 is 10.5 Å². The maximum absolute atomic E-state index is 11.0. The molecule has 0 fully saturated rings. The van der Waals surface area contributed by atoms with Gasteiger partial charge in [0.1, 0.15) is 11.4 Å². The minimum absolute atomic E-state index is 0.0406. The first-order valence-corrected chi connectivity index (χ1v) is 5.50. The van der Waals surface area contributed by atoms with E-state index in [0.29, 0.717) is 18.0 Å². The number of methoxy groups -OCH3 is 1. The van der Waals surface area contributed by atoms with Crippen molar-refractivity contribution in [1.82, 2.24) is 0 Å². The Kier molecular flexibility index (Phi) is 4.13. The van der Waals surface area contributed by atoms with Gasteiger partial charge in [-0.3, -0.25) is 10.1 Å². The van der Waals surface area contributed by atoms with Crippen LogP contribution in [0.5, 0.6) is 5.75 Å². The summed E-state index contributed by atoms with van der Waals surface area (Å²) in [5, 5.41) is 20.8. The molecule has 6 heteroatoms. The van der Waals surface area contributed by atoms with Gasteiger partial charge in [-0.2, -0.15) is 0 Å². The molecule has 0 saturated carbocycles. The number of benzene rings is 1. The van der Waals surface area contributed by atoms with Gasteiger partial charge in [0.05, 0.1) is 23.7 Å². The standard InChI is InChI=1S/C12H18N2O4/c1-12(2,15)8-13(3)10-6-5-9(18-4)7-11(10)14(16)17/h5-7,15H,8H2,1-4H3.